The van der Waals surface area contributed by atoms with Gasteiger partial charge in [0.1, 0.15) is 0 Å². The van der Waals surface area contributed by atoms with Gasteiger partial charge in [0.05, 0.1) is 5.69 Å². The maximum Gasteiger partial charge on any atom is 0.303 e. The molecule has 0 aliphatic rings. The molecule has 21 heavy (non-hydrogen) atoms. The van der Waals surface area contributed by atoms with Crippen molar-refractivity contribution in [2.75, 3.05) is 11.1 Å². The molecule has 0 fully saturated rings. The van der Waals surface area contributed by atoms with Crippen molar-refractivity contribution in [3.63, 3.8) is 0 Å². The highest BCUT2D eigenvalue weighted by Gasteiger charge is 2.25. The average Bonchev–Trinajstić information content (AvgIpc) is 2.44. The van der Waals surface area contributed by atoms with E-state index in [9.17, 15) is 9.59 Å². The van der Waals surface area contributed by atoms with Crippen molar-refractivity contribution in [1.29, 1.82) is 0 Å². The standard InChI is InChI=1S/C16H23NO3S/c1-4-16(2,3)15(20)17-12-8-5-6-9-13(12)21-11-7-10-14(18)19/h5-6,8-9H,4,7,10-11H2,1-3H3,(H,17,20)(H,18,19). The largest absolute Gasteiger partial charge is 0.481 e. The molecule has 1 aromatic rings. The summed E-state index contributed by atoms with van der Waals surface area (Å²) in [6.45, 7) is 5.84. The van der Waals surface area contributed by atoms with E-state index < -0.39 is 11.4 Å². The van der Waals surface area contributed by atoms with Gasteiger partial charge >= 0.3 is 5.97 Å². The van der Waals surface area contributed by atoms with Crippen LogP contribution in [-0.4, -0.2) is 22.7 Å². The predicted molar refractivity (Wildman–Crippen MR) is 86.7 cm³/mol. The van der Waals surface area contributed by atoms with E-state index in [0.29, 0.717) is 6.42 Å². The van der Waals surface area contributed by atoms with Gasteiger partial charge in [0.15, 0.2) is 0 Å². The van der Waals surface area contributed by atoms with Crippen molar-refractivity contribution >= 4 is 29.3 Å². The summed E-state index contributed by atoms with van der Waals surface area (Å²) in [4.78, 5) is 23.7. The smallest absolute Gasteiger partial charge is 0.303 e. The number of carboxylic acids is 1. The number of carbonyl (C=O) groups is 2. The molecule has 0 bridgehead atoms. The number of anilines is 1. The lowest BCUT2D eigenvalue weighted by Crippen LogP contribution is -2.30. The molecule has 0 saturated heterocycles. The summed E-state index contributed by atoms with van der Waals surface area (Å²) in [5.74, 6) is -0.0541. The lowest BCUT2D eigenvalue weighted by molar-refractivity contribution is -0.137. The summed E-state index contributed by atoms with van der Waals surface area (Å²) in [5, 5.41) is 11.6. The number of rotatable bonds is 8. The van der Waals surface area contributed by atoms with Gasteiger partial charge in [-0.3, -0.25) is 9.59 Å². The monoisotopic (exact) mass is 309 g/mol. The Morgan fingerprint density at radius 2 is 1.95 bits per heavy atom. The van der Waals surface area contributed by atoms with E-state index in [1.54, 1.807) is 11.8 Å². The summed E-state index contributed by atoms with van der Waals surface area (Å²) < 4.78 is 0. The lowest BCUT2D eigenvalue weighted by Gasteiger charge is -2.22. The Morgan fingerprint density at radius 1 is 1.29 bits per heavy atom. The molecule has 4 nitrogen and oxygen atoms in total. The topological polar surface area (TPSA) is 66.4 Å². The first-order chi connectivity index (χ1) is 9.86. The Hall–Kier alpha value is -1.49. The number of aliphatic carboxylic acids is 1. The number of thioether (sulfide) groups is 1. The molecule has 0 aliphatic heterocycles. The van der Waals surface area contributed by atoms with Gasteiger partial charge in [-0.25, -0.2) is 0 Å². The van der Waals surface area contributed by atoms with Crippen LogP contribution in [0.15, 0.2) is 29.2 Å². The summed E-state index contributed by atoms with van der Waals surface area (Å²) in [6.07, 6.45) is 1.56. The number of para-hydroxylation sites is 1. The fourth-order valence-electron chi connectivity index (χ4n) is 1.55. The van der Waals surface area contributed by atoms with Crippen LogP contribution in [-0.2, 0) is 9.59 Å². The molecule has 0 spiro atoms. The number of amides is 1. The highest BCUT2D eigenvalue weighted by molar-refractivity contribution is 7.99. The third-order valence-corrected chi connectivity index (χ3v) is 4.59. The second kappa shape index (κ2) is 8.08. The van der Waals surface area contributed by atoms with E-state index in [1.165, 1.54) is 0 Å². The van der Waals surface area contributed by atoms with Crippen molar-refractivity contribution in [2.24, 2.45) is 5.41 Å². The Balaban J connectivity index is 2.67. The molecular formula is C16H23NO3S. The van der Waals surface area contributed by atoms with Gasteiger partial charge in [0.2, 0.25) is 5.91 Å². The zero-order valence-electron chi connectivity index (χ0n) is 12.8. The summed E-state index contributed by atoms with van der Waals surface area (Å²) in [6, 6.07) is 7.62. The number of nitrogens with one attached hydrogen (secondary N) is 1. The van der Waals surface area contributed by atoms with Gasteiger partial charge < -0.3 is 10.4 Å². The van der Waals surface area contributed by atoms with E-state index >= 15 is 0 Å². The summed E-state index contributed by atoms with van der Waals surface area (Å²) in [7, 11) is 0. The normalized spacial score (nSPS) is 11.2. The van der Waals surface area contributed by atoms with Crippen LogP contribution in [0, 0.1) is 5.41 Å². The molecule has 0 aromatic heterocycles. The minimum atomic E-state index is -0.776. The van der Waals surface area contributed by atoms with Crippen LogP contribution in [0.2, 0.25) is 0 Å². The molecule has 0 aliphatic carbocycles. The van der Waals surface area contributed by atoms with E-state index in [1.807, 2.05) is 45.0 Å². The molecule has 0 saturated carbocycles. The molecule has 0 radical (unpaired) electrons. The maximum atomic E-state index is 12.2. The van der Waals surface area contributed by atoms with Gasteiger partial charge in [-0.2, -0.15) is 0 Å². The van der Waals surface area contributed by atoms with E-state index in [2.05, 4.69) is 5.32 Å². The molecular weight excluding hydrogens is 286 g/mol. The van der Waals surface area contributed by atoms with Crippen LogP contribution in [0.5, 0.6) is 0 Å². The van der Waals surface area contributed by atoms with E-state index in [4.69, 9.17) is 5.11 Å². The van der Waals surface area contributed by atoms with Crippen LogP contribution in [0.4, 0.5) is 5.69 Å². The minimum absolute atomic E-state index is 0.00332. The highest BCUT2D eigenvalue weighted by atomic mass is 32.2. The number of carbonyl (C=O) groups excluding carboxylic acids is 1. The quantitative estimate of drug-likeness (QED) is 0.562. The number of hydrogen-bond donors (Lipinski definition) is 2. The van der Waals surface area contributed by atoms with Crippen molar-refractivity contribution in [3.05, 3.63) is 24.3 Å². The summed E-state index contributed by atoms with van der Waals surface area (Å²) >= 11 is 1.57. The first-order valence-corrected chi connectivity index (χ1v) is 8.10. The van der Waals surface area contributed by atoms with Crippen molar-refractivity contribution in [3.8, 4) is 0 Å². The third-order valence-electron chi connectivity index (χ3n) is 3.43. The summed E-state index contributed by atoms with van der Waals surface area (Å²) in [5.41, 5.74) is 0.394. The highest BCUT2D eigenvalue weighted by Crippen LogP contribution is 2.30. The van der Waals surface area contributed by atoms with Gasteiger partial charge in [-0.1, -0.05) is 32.9 Å². The van der Waals surface area contributed by atoms with Crippen molar-refractivity contribution in [2.45, 2.75) is 44.9 Å². The Kier molecular flexibility index (Phi) is 6.75. The fourth-order valence-corrected chi connectivity index (χ4v) is 2.51. The zero-order chi connectivity index (χ0) is 15.9. The molecule has 1 rings (SSSR count). The van der Waals surface area contributed by atoms with Crippen molar-refractivity contribution < 1.29 is 14.7 Å². The Labute approximate surface area is 130 Å². The second-order valence-corrected chi connectivity index (χ2v) is 6.67. The molecule has 0 unspecified atom stereocenters. The molecule has 1 amide bonds. The molecule has 0 atom stereocenters. The fraction of sp³-hybridized carbons (Fsp3) is 0.500. The molecule has 5 heteroatoms. The van der Waals surface area contributed by atoms with Crippen molar-refractivity contribution in [1.82, 2.24) is 0 Å². The van der Waals surface area contributed by atoms with Crippen LogP contribution in [0.25, 0.3) is 0 Å². The maximum absolute atomic E-state index is 12.2. The Bertz CT molecular complexity index is 500. The first kappa shape index (κ1) is 17.6. The predicted octanol–water partition coefficient (Wildman–Crippen LogP) is 4.02. The molecule has 116 valence electrons. The molecule has 0 heterocycles. The first-order valence-electron chi connectivity index (χ1n) is 7.12. The SMILES string of the molecule is CCC(C)(C)C(=O)Nc1ccccc1SCCCC(=O)O. The van der Waals surface area contributed by atoms with Gasteiger partial charge in [-0.15, -0.1) is 11.8 Å². The van der Waals surface area contributed by atoms with E-state index in [-0.39, 0.29) is 12.3 Å². The van der Waals surface area contributed by atoms with Crippen LogP contribution < -0.4 is 5.32 Å². The number of hydrogen-bond acceptors (Lipinski definition) is 3. The minimum Gasteiger partial charge on any atom is -0.481 e. The van der Waals surface area contributed by atoms with Gasteiger partial charge in [0.25, 0.3) is 0 Å². The lowest BCUT2D eigenvalue weighted by atomic mass is 9.89. The zero-order valence-corrected chi connectivity index (χ0v) is 13.6. The molecule has 1 aromatic carbocycles. The third kappa shape index (κ3) is 5.79. The number of benzene rings is 1. The Morgan fingerprint density at radius 3 is 2.57 bits per heavy atom. The number of carboxylic acid groups (broad SMARTS) is 1. The molecule has 2 N–H and O–H groups in total. The van der Waals surface area contributed by atoms with E-state index in [0.717, 1.165) is 22.8 Å². The van der Waals surface area contributed by atoms with Gasteiger partial charge in [-0.05, 0) is 30.7 Å². The van der Waals surface area contributed by atoms with Gasteiger partial charge in [0, 0.05) is 16.7 Å². The van der Waals surface area contributed by atoms with Crippen LogP contribution in [0.1, 0.15) is 40.0 Å². The second-order valence-electron chi connectivity index (χ2n) is 5.53. The average molecular weight is 309 g/mol. The van der Waals surface area contributed by atoms with Crippen LogP contribution >= 0.6 is 11.8 Å². The van der Waals surface area contributed by atoms with Crippen LogP contribution in [0.3, 0.4) is 0 Å².